The highest BCUT2D eigenvalue weighted by Gasteiger charge is 2.30. The van der Waals surface area contributed by atoms with Crippen LogP contribution < -0.4 is 10.6 Å². The van der Waals surface area contributed by atoms with Gasteiger partial charge in [-0.2, -0.15) is 13.2 Å². The zero-order valence-corrected chi connectivity index (χ0v) is 13.3. The second-order valence-electron chi connectivity index (χ2n) is 5.74. The Labute approximate surface area is 138 Å². The number of nitrogens with zero attached hydrogens (tertiary/aromatic N) is 1. The average Bonchev–Trinajstić information content (AvgIpc) is 2.53. The topological polar surface area (TPSA) is 54.0 Å². The van der Waals surface area contributed by atoms with Crippen molar-refractivity contribution in [2.45, 2.75) is 20.0 Å². The van der Waals surface area contributed by atoms with Crippen LogP contribution in [0.25, 0.3) is 0 Å². The Morgan fingerprint density at radius 1 is 1.08 bits per heavy atom. The van der Waals surface area contributed by atoms with Gasteiger partial charge in [-0.05, 0) is 42.3 Å². The zero-order chi connectivity index (χ0) is 17.7. The van der Waals surface area contributed by atoms with Gasteiger partial charge >= 0.3 is 6.18 Å². The van der Waals surface area contributed by atoms with Gasteiger partial charge in [0, 0.05) is 12.2 Å². The molecule has 128 valence electrons. The number of benzene rings is 1. The lowest BCUT2D eigenvalue weighted by atomic mass is 10.2. The van der Waals surface area contributed by atoms with Crippen LogP contribution in [0, 0.1) is 5.92 Å². The van der Waals surface area contributed by atoms with E-state index in [1.165, 1.54) is 12.1 Å². The number of nitrogens with one attached hydrogen (secondary N) is 2. The number of halogens is 3. The number of anilines is 2. The maximum absolute atomic E-state index is 12.5. The molecule has 0 atom stereocenters. The molecule has 0 bridgehead atoms. The summed E-state index contributed by atoms with van der Waals surface area (Å²) in [5.41, 5.74) is 0.496. The van der Waals surface area contributed by atoms with Crippen LogP contribution in [0.2, 0.25) is 0 Å². The van der Waals surface area contributed by atoms with Crippen molar-refractivity contribution in [3.8, 4) is 0 Å². The third kappa shape index (κ3) is 4.97. The number of aromatic nitrogens is 1. The predicted molar refractivity (Wildman–Crippen MR) is 87.0 cm³/mol. The highest BCUT2D eigenvalue weighted by atomic mass is 19.4. The van der Waals surface area contributed by atoms with Gasteiger partial charge in [0.25, 0.3) is 5.91 Å². The molecule has 1 aromatic heterocycles. The number of alkyl halides is 3. The summed E-state index contributed by atoms with van der Waals surface area (Å²) in [7, 11) is 0. The van der Waals surface area contributed by atoms with Gasteiger partial charge < -0.3 is 10.6 Å². The van der Waals surface area contributed by atoms with E-state index in [9.17, 15) is 18.0 Å². The molecule has 0 aliphatic carbocycles. The Kier molecular flexibility index (Phi) is 5.43. The first-order valence-corrected chi connectivity index (χ1v) is 7.44. The maximum atomic E-state index is 12.5. The van der Waals surface area contributed by atoms with Crippen LogP contribution in [-0.2, 0) is 6.18 Å². The van der Waals surface area contributed by atoms with Crippen molar-refractivity contribution < 1.29 is 18.0 Å². The van der Waals surface area contributed by atoms with Crippen molar-refractivity contribution in [1.29, 1.82) is 0 Å². The third-order valence-electron chi connectivity index (χ3n) is 3.18. The largest absolute Gasteiger partial charge is 0.416 e. The first-order chi connectivity index (χ1) is 11.3. The molecule has 0 spiro atoms. The van der Waals surface area contributed by atoms with Crippen LogP contribution in [0.3, 0.4) is 0 Å². The van der Waals surface area contributed by atoms with E-state index in [1.807, 2.05) is 0 Å². The number of carbonyl (C=O) groups is 1. The molecule has 0 saturated carbocycles. The first-order valence-electron chi connectivity index (χ1n) is 7.44. The fourth-order valence-corrected chi connectivity index (χ4v) is 1.89. The molecule has 2 aromatic rings. The summed E-state index contributed by atoms with van der Waals surface area (Å²) in [4.78, 5) is 16.1. The minimum absolute atomic E-state index is 0.185. The van der Waals surface area contributed by atoms with Crippen molar-refractivity contribution >= 4 is 17.3 Å². The normalized spacial score (nSPS) is 11.4. The highest BCUT2D eigenvalue weighted by Crippen LogP contribution is 2.29. The number of amides is 1. The lowest BCUT2D eigenvalue weighted by molar-refractivity contribution is -0.137. The van der Waals surface area contributed by atoms with E-state index in [0.29, 0.717) is 5.92 Å². The van der Waals surface area contributed by atoms with E-state index in [2.05, 4.69) is 29.5 Å². The zero-order valence-electron chi connectivity index (χ0n) is 13.3. The minimum Gasteiger partial charge on any atom is -0.384 e. The monoisotopic (exact) mass is 337 g/mol. The average molecular weight is 337 g/mol. The molecule has 0 aliphatic rings. The quantitative estimate of drug-likeness (QED) is 0.849. The molecule has 2 N–H and O–H groups in total. The van der Waals surface area contributed by atoms with Gasteiger partial charge in [-0.3, -0.25) is 4.79 Å². The number of rotatable bonds is 5. The molecule has 0 aliphatic heterocycles. The van der Waals surface area contributed by atoms with Crippen LogP contribution >= 0.6 is 0 Å². The van der Waals surface area contributed by atoms with Gasteiger partial charge in [-0.1, -0.05) is 13.8 Å². The third-order valence-corrected chi connectivity index (χ3v) is 3.18. The molecule has 4 nitrogen and oxygen atoms in total. The molecule has 0 unspecified atom stereocenters. The van der Waals surface area contributed by atoms with Crippen LogP contribution in [0.4, 0.5) is 24.5 Å². The number of carbonyl (C=O) groups excluding carboxylic acids is 1. The van der Waals surface area contributed by atoms with Crippen molar-refractivity contribution in [3.05, 3.63) is 53.9 Å². The summed E-state index contributed by atoms with van der Waals surface area (Å²) in [5, 5.41) is 5.70. The molecule has 0 fully saturated rings. The van der Waals surface area contributed by atoms with Crippen LogP contribution in [0.1, 0.15) is 29.9 Å². The smallest absolute Gasteiger partial charge is 0.384 e. The molecule has 1 aromatic carbocycles. The molecule has 0 radical (unpaired) electrons. The Morgan fingerprint density at radius 3 is 2.21 bits per heavy atom. The second-order valence-corrected chi connectivity index (χ2v) is 5.74. The first kappa shape index (κ1) is 17.8. The van der Waals surface area contributed by atoms with E-state index >= 15 is 0 Å². The molecule has 1 amide bonds. The summed E-state index contributed by atoms with van der Waals surface area (Å²) in [6, 6.07) is 7.54. The van der Waals surface area contributed by atoms with Crippen LogP contribution in [0.15, 0.2) is 42.6 Å². The van der Waals surface area contributed by atoms with E-state index in [1.54, 1.807) is 18.3 Å². The van der Waals surface area contributed by atoms with E-state index in [4.69, 9.17) is 0 Å². The van der Waals surface area contributed by atoms with Gasteiger partial charge in [0.15, 0.2) is 0 Å². The Bertz CT molecular complexity index is 680. The number of hydrogen-bond acceptors (Lipinski definition) is 3. The van der Waals surface area contributed by atoms with Gasteiger partial charge in [0.1, 0.15) is 5.69 Å². The summed E-state index contributed by atoms with van der Waals surface area (Å²) in [5.74, 6) is -0.00202. The highest BCUT2D eigenvalue weighted by molar-refractivity contribution is 6.02. The minimum atomic E-state index is -4.40. The van der Waals surface area contributed by atoms with E-state index < -0.39 is 17.6 Å². The molecule has 7 heteroatoms. The van der Waals surface area contributed by atoms with Crippen LogP contribution in [0.5, 0.6) is 0 Å². The van der Waals surface area contributed by atoms with Crippen molar-refractivity contribution in [3.63, 3.8) is 0 Å². The SMILES string of the molecule is CC(C)CNc1ccc(C(=O)Nc2ccc(C(F)(F)F)cc2)nc1. The molecular formula is C17H18F3N3O. The Balaban J connectivity index is 1.99. The maximum Gasteiger partial charge on any atom is 0.416 e. The van der Waals surface area contributed by atoms with Gasteiger partial charge in [-0.15, -0.1) is 0 Å². The summed E-state index contributed by atoms with van der Waals surface area (Å²) in [6.45, 7) is 4.94. The lowest BCUT2D eigenvalue weighted by Gasteiger charge is -2.10. The van der Waals surface area contributed by atoms with Crippen molar-refractivity contribution in [2.75, 3.05) is 17.2 Å². The standard InChI is InChI=1S/C17H18F3N3O/c1-11(2)9-21-14-7-8-15(22-10-14)16(24)23-13-5-3-12(4-6-13)17(18,19)20/h3-8,10-11,21H,9H2,1-2H3,(H,23,24). The summed E-state index contributed by atoms with van der Waals surface area (Å²) >= 11 is 0. The van der Waals surface area contributed by atoms with E-state index in [0.717, 1.165) is 24.4 Å². The van der Waals surface area contributed by atoms with Gasteiger partial charge in [0.2, 0.25) is 0 Å². The molecule has 2 rings (SSSR count). The Hall–Kier alpha value is -2.57. The van der Waals surface area contributed by atoms with Crippen LogP contribution in [-0.4, -0.2) is 17.4 Å². The molecular weight excluding hydrogens is 319 g/mol. The van der Waals surface area contributed by atoms with E-state index in [-0.39, 0.29) is 11.4 Å². The summed E-state index contributed by atoms with van der Waals surface area (Å²) in [6.07, 6.45) is -2.85. The van der Waals surface area contributed by atoms with Crippen molar-refractivity contribution in [1.82, 2.24) is 4.98 Å². The Morgan fingerprint density at radius 2 is 1.71 bits per heavy atom. The van der Waals surface area contributed by atoms with Gasteiger partial charge in [0.05, 0.1) is 17.4 Å². The number of pyridine rings is 1. The predicted octanol–water partition coefficient (Wildman–Crippen LogP) is 4.42. The molecule has 1 heterocycles. The molecule has 24 heavy (non-hydrogen) atoms. The van der Waals surface area contributed by atoms with Gasteiger partial charge in [-0.25, -0.2) is 4.98 Å². The number of hydrogen-bond donors (Lipinski definition) is 2. The molecule has 0 saturated heterocycles. The lowest BCUT2D eigenvalue weighted by Crippen LogP contribution is -2.14. The second kappa shape index (κ2) is 7.33. The fraction of sp³-hybridized carbons (Fsp3) is 0.294. The fourth-order valence-electron chi connectivity index (χ4n) is 1.89. The summed E-state index contributed by atoms with van der Waals surface area (Å²) < 4.78 is 37.5. The van der Waals surface area contributed by atoms with Crippen molar-refractivity contribution in [2.24, 2.45) is 5.92 Å².